The molecule has 0 atom stereocenters. The van der Waals surface area contributed by atoms with Crippen LogP contribution in [0.15, 0.2) is 0 Å². The third kappa shape index (κ3) is 3.80. The van der Waals surface area contributed by atoms with E-state index in [1.807, 2.05) is 6.92 Å². The van der Waals surface area contributed by atoms with Gasteiger partial charge in [-0.05, 0) is 20.3 Å². The average Bonchev–Trinajstić information content (AvgIpc) is 2.39. The molecule has 0 aliphatic carbocycles. The largest absolute Gasteiger partial charge is 0.396 e. The zero-order valence-corrected chi connectivity index (χ0v) is 13.2. The summed E-state index contributed by atoms with van der Waals surface area (Å²) in [5.74, 6) is 7.87. The van der Waals surface area contributed by atoms with E-state index in [0.717, 1.165) is 30.3 Å². The maximum Gasteiger partial charge on any atom is 0.148 e. The Hall–Kier alpha value is -1.40. The summed E-state index contributed by atoms with van der Waals surface area (Å²) in [6.45, 7) is 12.0. The number of nitrogen functional groups attached to an aromatic ring is 1. The molecule has 6 heteroatoms. The first-order chi connectivity index (χ1) is 9.35. The second-order valence-corrected chi connectivity index (χ2v) is 5.90. The maximum atomic E-state index is 9.02. The lowest BCUT2D eigenvalue weighted by Crippen LogP contribution is -2.29. The lowest BCUT2D eigenvalue weighted by atomic mass is 9.95. The summed E-state index contributed by atoms with van der Waals surface area (Å²) in [6, 6.07) is 0. The van der Waals surface area contributed by atoms with Crippen molar-refractivity contribution in [1.29, 1.82) is 0 Å². The van der Waals surface area contributed by atoms with Gasteiger partial charge in [0.1, 0.15) is 17.5 Å². The van der Waals surface area contributed by atoms with E-state index in [2.05, 4.69) is 43.0 Å². The summed E-state index contributed by atoms with van der Waals surface area (Å²) >= 11 is 0. The Morgan fingerprint density at radius 3 is 2.40 bits per heavy atom. The molecular formula is C14H27N5O. The summed E-state index contributed by atoms with van der Waals surface area (Å²) in [5, 5.41) is 9.02. The highest BCUT2D eigenvalue weighted by molar-refractivity contribution is 5.58. The molecule has 0 amide bonds. The van der Waals surface area contributed by atoms with Crippen LogP contribution in [-0.2, 0) is 5.41 Å². The van der Waals surface area contributed by atoms with E-state index < -0.39 is 0 Å². The Bertz CT molecular complexity index is 442. The third-order valence-corrected chi connectivity index (χ3v) is 3.20. The molecule has 1 aromatic heterocycles. The molecule has 0 aliphatic heterocycles. The number of nitrogens with one attached hydrogen (secondary N) is 1. The molecule has 0 saturated heterocycles. The molecule has 1 heterocycles. The Morgan fingerprint density at radius 2 is 1.95 bits per heavy atom. The number of aliphatic hydroxyl groups is 1. The van der Waals surface area contributed by atoms with Crippen LogP contribution in [0.4, 0.5) is 11.6 Å². The number of hydrogen-bond donors (Lipinski definition) is 3. The topological polar surface area (TPSA) is 87.3 Å². The van der Waals surface area contributed by atoms with Gasteiger partial charge in [0.25, 0.3) is 0 Å². The third-order valence-electron chi connectivity index (χ3n) is 3.20. The Labute approximate surface area is 121 Å². The smallest absolute Gasteiger partial charge is 0.148 e. The van der Waals surface area contributed by atoms with Crippen molar-refractivity contribution in [3.05, 3.63) is 11.4 Å². The number of rotatable bonds is 6. The molecule has 20 heavy (non-hydrogen) atoms. The van der Waals surface area contributed by atoms with E-state index in [1.54, 1.807) is 0 Å². The lowest BCUT2D eigenvalue weighted by Gasteiger charge is -2.27. The number of aromatic nitrogens is 2. The van der Waals surface area contributed by atoms with Crippen LogP contribution < -0.4 is 16.2 Å². The zero-order valence-electron chi connectivity index (χ0n) is 13.2. The van der Waals surface area contributed by atoms with Crippen molar-refractivity contribution < 1.29 is 5.11 Å². The van der Waals surface area contributed by atoms with Crippen molar-refractivity contribution in [2.24, 2.45) is 5.84 Å². The van der Waals surface area contributed by atoms with Crippen LogP contribution in [0.25, 0.3) is 0 Å². The molecule has 4 N–H and O–H groups in total. The summed E-state index contributed by atoms with van der Waals surface area (Å²) < 4.78 is 0. The fraction of sp³-hybridized carbons (Fsp3) is 0.714. The minimum atomic E-state index is -0.148. The molecule has 0 fully saturated rings. The van der Waals surface area contributed by atoms with E-state index in [0.29, 0.717) is 12.2 Å². The second kappa shape index (κ2) is 6.85. The summed E-state index contributed by atoms with van der Waals surface area (Å²) in [5.41, 5.74) is 3.44. The second-order valence-electron chi connectivity index (χ2n) is 5.90. The van der Waals surface area contributed by atoms with Gasteiger partial charge in [0, 0.05) is 30.7 Å². The first-order valence-electron chi connectivity index (χ1n) is 7.06. The molecule has 0 unspecified atom stereocenters. The van der Waals surface area contributed by atoms with E-state index in [1.165, 1.54) is 0 Å². The minimum Gasteiger partial charge on any atom is -0.396 e. The first-order valence-corrected chi connectivity index (χ1v) is 7.06. The molecule has 6 nitrogen and oxygen atoms in total. The molecule has 0 aromatic carbocycles. The molecule has 114 valence electrons. The fourth-order valence-electron chi connectivity index (χ4n) is 1.96. The van der Waals surface area contributed by atoms with Crippen LogP contribution in [0.2, 0.25) is 0 Å². The predicted molar refractivity (Wildman–Crippen MR) is 82.9 cm³/mol. The van der Waals surface area contributed by atoms with Crippen molar-refractivity contribution in [2.75, 3.05) is 30.0 Å². The van der Waals surface area contributed by atoms with Gasteiger partial charge in [-0.15, -0.1) is 0 Å². The van der Waals surface area contributed by atoms with Gasteiger partial charge in [0.15, 0.2) is 0 Å². The van der Waals surface area contributed by atoms with Gasteiger partial charge in [0.05, 0.1) is 0 Å². The number of nitrogens with zero attached hydrogens (tertiary/aromatic N) is 3. The van der Waals surface area contributed by atoms with Gasteiger partial charge >= 0.3 is 0 Å². The number of hydrazine groups is 1. The predicted octanol–water partition coefficient (Wildman–Crippen LogP) is 1.58. The van der Waals surface area contributed by atoms with Gasteiger partial charge < -0.3 is 15.4 Å². The number of aliphatic hydroxyl groups excluding tert-OH is 1. The number of hydrogen-bond acceptors (Lipinski definition) is 6. The average molecular weight is 281 g/mol. The van der Waals surface area contributed by atoms with Crippen LogP contribution in [0, 0.1) is 6.92 Å². The molecule has 0 aliphatic rings. The highest BCUT2D eigenvalue weighted by atomic mass is 16.3. The fourth-order valence-corrected chi connectivity index (χ4v) is 1.96. The quantitative estimate of drug-likeness (QED) is 0.542. The lowest BCUT2D eigenvalue weighted by molar-refractivity contribution is 0.289. The van der Waals surface area contributed by atoms with Crippen molar-refractivity contribution in [2.45, 2.75) is 46.5 Å². The standard InChI is InChI=1S/C14H27N5O/c1-6-19(8-7-9-20)12-10(2)11(18-15)16-13(17-12)14(3,4)5/h20H,6-9,15H2,1-5H3,(H,16,17,18). The van der Waals surface area contributed by atoms with Gasteiger partial charge in [-0.2, -0.15) is 0 Å². The van der Waals surface area contributed by atoms with Crippen LogP contribution in [0.1, 0.15) is 45.5 Å². The molecule has 1 rings (SSSR count). The first kappa shape index (κ1) is 16.7. The molecular weight excluding hydrogens is 254 g/mol. The SMILES string of the molecule is CCN(CCCO)c1nc(C(C)(C)C)nc(NN)c1C. The molecule has 1 aromatic rings. The van der Waals surface area contributed by atoms with Crippen LogP contribution in [0.3, 0.4) is 0 Å². The maximum absolute atomic E-state index is 9.02. The number of anilines is 2. The summed E-state index contributed by atoms with van der Waals surface area (Å²) in [4.78, 5) is 11.4. The van der Waals surface area contributed by atoms with Crippen LogP contribution in [-0.4, -0.2) is 34.8 Å². The van der Waals surface area contributed by atoms with E-state index in [-0.39, 0.29) is 12.0 Å². The van der Waals surface area contributed by atoms with Gasteiger partial charge in [-0.25, -0.2) is 15.8 Å². The van der Waals surface area contributed by atoms with E-state index in [9.17, 15) is 0 Å². The summed E-state index contributed by atoms with van der Waals surface area (Å²) in [7, 11) is 0. The molecule has 0 saturated carbocycles. The highest BCUT2D eigenvalue weighted by Crippen LogP contribution is 2.28. The van der Waals surface area contributed by atoms with Crippen LogP contribution in [0.5, 0.6) is 0 Å². The number of nitrogens with two attached hydrogens (primary N) is 1. The monoisotopic (exact) mass is 281 g/mol. The van der Waals surface area contributed by atoms with Crippen molar-refractivity contribution >= 4 is 11.6 Å². The van der Waals surface area contributed by atoms with E-state index >= 15 is 0 Å². The van der Waals surface area contributed by atoms with Crippen molar-refractivity contribution in [3.8, 4) is 0 Å². The normalized spacial score (nSPS) is 11.6. The Morgan fingerprint density at radius 1 is 1.30 bits per heavy atom. The van der Waals surface area contributed by atoms with Crippen molar-refractivity contribution in [1.82, 2.24) is 9.97 Å². The summed E-state index contributed by atoms with van der Waals surface area (Å²) in [6.07, 6.45) is 0.716. The molecule has 0 spiro atoms. The minimum absolute atomic E-state index is 0.148. The molecule has 0 bridgehead atoms. The van der Waals surface area contributed by atoms with Gasteiger partial charge in [0.2, 0.25) is 0 Å². The Kier molecular flexibility index (Phi) is 5.71. The van der Waals surface area contributed by atoms with Gasteiger partial charge in [-0.3, -0.25) is 0 Å². The van der Waals surface area contributed by atoms with Gasteiger partial charge in [-0.1, -0.05) is 20.8 Å². The van der Waals surface area contributed by atoms with Crippen molar-refractivity contribution in [3.63, 3.8) is 0 Å². The van der Waals surface area contributed by atoms with E-state index in [4.69, 9.17) is 15.9 Å². The van der Waals surface area contributed by atoms with Crippen LogP contribution >= 0.6 is 0 Å². The zero-order chi connectivity index (χ0) is 15.3. The highest BCUT2D eigenvalue weighted by Gasteiger charge is 2.22. The molecule has 0 radical (unpaired) electrons. The Balaban J connectivity index is 3.28.